The molecular formula is C22H37LiO6Si. The minimum atomic E-state index is -2.15. The van der Waals surface area contributed by atoms with E-state index in [1.165, 1.54) is 0 Å². The van der Waals surface area contributed by atoms with Crippen LogP contribution in [-0.4, -0.2) is 45.5 Å². The largest absolute Gasteiger partial charge is 1.00 e. The van der Waals surface area contributed by atoms with Gasteiger partial charge in [0.1, 0.15) is 0 Å². The Morgan fingerprint density at radius 1 is 1.37 bits per heavy atom. The minimum Gasteiger partial charge on any atom is -0.849 e. The van der Waals surface area contributed by atoms with Crippen LogP contribution in [0.3, 0.4) is 0 Å². The van der Waals surface area contributed by atoms with Crippen molar-refractivity contribution in [2.24, 2.45) is 11.3 Å². The Hall–Kier alpha value is -0.556. The Labute approximate surface area is 194 Å². The third kappa shape index (κ3) is 5.43. The van der Waals surface area contributed by atoms with E-state index in [1.807, 2.05) is 19.1 Å². The summed E-state index contributed by atoms with van der Waals surface area (Å²) in [6.07, 6.45) is 3.27. The summed E-state index contributed by atoms with van der Waals surface area (Å²) in [5.74, 6) is -1.19. The number of rotatable bonds is 6. The van der Waals surface area contributed by atoms with Crippen LogP contribution >= 0.6 is 0 Å². The number of hydrogen-bond acceptors (Lipinski definition) is 6. The standard InChI is InChI=1S/C22H37O6Si.Li/c1-10-25-19(24)22(18(23)17-14-26-21(6,7)27-17)13-16(12-11-15(22)2)28-29(8,9)20(3,4)5;/h11-13,15,17-18H,10,14H2,1-9H3;/q-1;+1/t15-,17+,18+,22+;/m0./s1. The average Bonchev–Trinajstić information content (AvgIpc) is 2.95. The molecule has 30 heavy (non-hydrogen) atoms. The Balaban J connectivity index is 0.00000450. The maximum Gasteiger partial charge on any atom is 1.00 e. The third-order valence-corrected chi connectivity index (χ3v) is 10.7. The zero-order chi connectivity index (χ0) is 22.3. The Kier molecular flexibility index (Phi) is 8.72. The summed E-state index contributed by atoms with van der Waals surface area (Å²) in [7, 11) is -2.15. The van der Waals surface area contributed by atoms with Gasteiger partial charge in [0, 0.05) is 0 Å². The molecule has 1 saturated heterocycles. The number of hydrogen-bond donors (Lipinski definition) is 0. The van der Waals surface area contributed by atoms with Gasteiger partial charge >= 0.3 is 24.8 Å². The summed E-state index contributed by atoms with van der Waals surface area (Å²) in [6.45, 7) is 18.2. The van der Waals surface area contributed by atoms with E-state index in [9.17, 15) is 9.90 Å². The molecule has 0 unspecified atom stereocenters. The number of carbonyl (C=O) groups excluding carboxylic acids is 1. The van der Waals surface area contributed by atoms with Crippen LogP contribution in [0.4, 0.5) is 0 Å². The van der Waals surface area contributed by atoms with Crippen molar-refractivity contribution < 1.29 is 47.4 Å². The van der Waals surface area contributed by atoms with Gasteiger partial charge in [0.2, 0.25) is 8.32 Å². The number of ether oxygens (including phenoxy) is 3. The first-order valence-electron chi connectivity index (χ1n) is 10.4. The van der Waals surface area contributed by atoms with Gasteiger partial charge in [-0.2, -0.15) is 0 Å². The molecule has 0 aromatic heterocycles. The van der Waals surface area contributed by atoms with Gasteiger partial charge in [-0.1, -0.05) is 39.9 Å². The first kappa shape index (κ1) is 27.5. The second-order valence-corrected chi connectivity index (χ2v) is 14.7. The monoisotopic (exact) mass is 432 g/mol. The van der Waals surface area contributed by atoms with Gasteiger partial charge in [-0.05, 0) is 57.0 Å². The smallest absolute Gasteiger partial charge is 0.849 e. The molecule has 8 heteroatoms. The fourth-order valence-corrected chi connectivity index (χ4v) is 4.48. The second-order valence-electron chi connectivity index (χ2n) is 10.00. The van der Waals surface area contributed by atoms with Crippen LogP contribution in [0.5, 0.6) is 0 Å². The summed E-state index contributed by atoms with van der Waals surface area (Å²) in [5.41, 5.74) is -1.42. The molecule has 4 atom stereocenters. The molecule has 0 spiro atoms. The Bertz CT molecular complexity index is 682. The predicted molar refractivity (Wildman–Crippen MR) is 112 cm³/mol. The molecule has 0 aromatic carbocycles. The first-order chi connectivity index (χ1) is 13.2. The normalized spacial score (nSPS) is 29.6. The van der Waals surface area contributed by atoms with E-state index >= 15 is 0 Å². The Morgan fingerprint density at radius 3 is 2.43 bits per heavy atom. The second kappa shape index (κ2) is 9.52. The molecule has 1 aliphatic carbocycles. The maximum atomic E-state index is 13.7. The molecule has 1 heterocycles. The summed E-state index contributed by atoms with van der Waals surface area (Å²) < 4.78 is 23.2. The van der Waals surface area contributed by atoms with Gasteiger partial charge in [0.05, 0.1) is 30.5 Å². The van der Waals surface area contributed by atoms with E-state index < -0.39 is 37.7 Å². The average molecular weight is 433 g/mol. The molecule has 1 aliphatic heterocycles. The van der Waals surface area contributed by atoms with E-state index in [2.05, 4.69) is 33.9 Å². The number of carbonyl (C=O) groups is 1. The fourth-order valence-electron chi connectivity index (χ4n) is 3.46. The molecule has 0 radical (unpaired) electrons. The molecule has 1 fully saturated rings. The van der Waals surface area contributed by atoms with Crippen molar-refractivity contribution >= 4 is 14.3 Å². The molecule has 166 valence electrons. The van der Waals surface area contributed by atoms with Crippen LogP contribution in [0.25, 0.3) is 0 Å². The molecule has 0 amide bonds. The quantitative estimate of drug-likeness (QED) is 0.450. The molecule has 6 nitrogen and oxygen atoms in total. The van der Waals surface area contributed by atoms with Crippen LogP contribution in [-0.2, 0) is 23.4 Å². The van der Waals surface area contributed by atoms with Gasteiger partial charge in [-0.25, -0.2) is 0 Å². The third-order valence-electron chi connectivity index (χ3n) is 6.33. The first-order valence-corrected chi connectivity index (χ1v) is 13.3. The molecule has 2 aliphatic rings. The van der Waals surface area contributed by atoms with Gasteiger partial charge in [-0.15, -0.1) is 0 Å². The molecular weight excluding hydrogens is 395 g/mol. The van der Waals surface area contributed by atoms with Crippen molar-refractivity contribution in [1.29, 1.82) is 0 Å². The van der Waals surface area contributed by atoms with Crippen LogP contribution in [0.2, 0.25) is 18.1 Å². The summed E-state index contributed by atoms with van der Waals surface area (Å²) >= 11 is 0. The van der Waals surface area contributed by atoms with Crippen molar-refractivity contribution in [3.8, 4) is 0 Å². The van der Waals surface area contributed by atoms with E-state index in [0.29, 0.717) is 5.76 Å². The van der Waals surface area contributed by atoms with Gasteiger partial charge in [0.15, 0.2) is 5.79 Å². The topological polar surface area (TPSA) is 77.1 Å². The zero-order valence-corrected chi connectivity index (χ0v) is 21.3. The van der Waals surface area contributed by atoms with E-state index in [-0.39, 0.29) is 43.0 Å². The van der Waals surface area contributed by atoms with Crippen LogP contribution in [0.15, 0.2) is 24.0 Å². The van der Waals surface area contributed by atoms with Crippen molar-refractivity contribution in [2.75, 3.05) is 13.2 Å². The van der Waals surface area contributed by atoms with Crippen molar-refractivity contribution in [3.05, 3.63) is 24.0 Å². The number of allylic oxidation sites excluding steroid dienone is 2. The molecule has 0 N–H and O–H groups in total. The number of esters is 1. The van der Waals surface area contributed by atoms with E-state index in [4.69, 9.17) is 18.6 Å². The van der Waals surface area contributed by atoms with Crippen LogP contribution in [0.1, 0.15) is 48.5 Å². The SMILES string of the molecule is CCOC(=O)[C@]1([C@H]([O-])[C@H]2COC(C)(C)O2)C=C(O[Si](C)(C)C(C)(C)C)C=C[C@@H]1C.[Li+]. The minimum absolute atomic E-state index is 0. The summed E-state index contributed by atoms with van der Waals surface area (Å²) in [6, 6.07) is 0. The summed E-state index contributed by atoms with van der Waals surface area (Å²) in [5, 5.41) is 13.7. The maximum absolute atomic E-state index is 13.7. The van der Waals surface area contributed by atoms with E-state index in [1.54, 1.807) is 26.8 Å². The van der Waals surface area contributed by atoms with Crippen molar-refractivity contribution in [1.82, 2.24) is 0 Å². The zero-order valence-electron chi connectivity index (χ0n) is 20.3. The fraction of sp³-hybridized carbons (Fsp3) is 0.773. The van der Waals surface area contributed by atoms with Crippen LogP contribution in [0, 0.1) is 11.3 Å². The molecule has 2 rings (SSSR count). The van der Waals surface area contributed by atoms with Gasteiger partial charge in [-0.3, -0.25) is 4.79 Å². The predicted octanol–water partition coefficient (Wildman–Crippen LogP) is 0.532. The van der Waals surface area contributed by atoms with Crippen molar-refractivity contribution in [3.63, 3.8) is 0 Å². The summed E-state index contributed by atoms with van der Waals surface area (Å²) in [4.78, 5) is 13.2. The Morgan fingerprint density at radius 2 is 1.97 bits per heavy atom. The molecule has 0 saturated carbocycles. The van der Waals surface area contributed by atoms with Crippen molar-refractivity contribution in [2.45, 2.75) is 84.6 Å². The molecule has 0 bridgehead atoms. The van der Waals surface area contributed by atoms with Gasteiger partial charge in [0.25, 0.3) is 0 Å². The van der Waals surface area contributed by atoms with Gasteiger partial charge < -0.3 is 23.7 Å². The van der Waals surface area contributed by atoms with Crippen LogP contribution < -0.4 is 24.0 Å². The van der Waals surface area contributed by atoms with E-state index in [0.717, 1.165) is 0 Å². The molecule has 0 aromatic rings.